The molecule has 0 atom stereocenters. The van der Waals surface area contributed by atoms with Crippen LogP contribution in [0.2, 0.25) is 9.88 Å². The molecule has 5 heavy (non-hydrogen) atoms. The molecule has 2 radical (unpaired) electrons. The SMILES string of the molecule is O.O.[CH3][Sn][CH3]. The van der Waals surface area contributed by atoms with Gasteiger partial charge < -0.3 is 11.0 Å². The van der Waals surface area contributed by atoms with E-state index in [1.807, 2.05) is 0 Å². The van der Waals surface area contributed by atoms with Crippen LogP contribution in [0.4, 0.5) is 0 Å². The Morgan fingerprint density at radius 2 is 1.00 bits per heavy atom. The van der Waals surface area contributed by atoms with Gasteiger partial charge in [-0.05, 0) is 0 Å². The van der Waals surface area contributed by atoms with Crippen molar-refractivity contribution in [1.82, 2.24) is 0 Å². The predicted molar refractivity (Wildman–Crippen MR) is 24.7 cm³/mol. The molecule has 0 aliphatic heterocycles. The van der Waals surface area contributed by atoms with Crippen molar-refractivity contribution in [2.24, 2.45) is 0 Å². The van der Waals surface area contributed by atoms with Crippen LogP contribution in [0.25, 0.3) is 0 Å². The molecule has 0 fully saturated rings. The van der Waals surface area contributed by atoms with E-state index >= 15 is 0 Å². The van der Waals surface area contributed by atoms with Gasteiger partial charge in [-0.25, -0.2) is 0 Å². The van der Waals surface area contributed by atoms with Crippen LogP contribution >= 0.6 is 0 Å². The summed E-state index contributed by atoms with van der Waals surface area (Å²) in [6.07, 6.45) is 0. The van der Waals surface area contributed by atoms with Crippen LogP contribution in [-0.4, -0.2) is 32.1 Å². The van der Waals surface area contributed by atoms with Crippen LogP contribution < -0.4 is 0 Å². The van der Waals surface area contributed by atoms with Gasteiger partial charge in [-0.1, -0.05) is 0 Å². The molecule has 0 aliphatic rings. The summed E-state index contributed by atoms with van der Waals surface area (Å²) < 4.78 is 0. The summed E-state index contributed by atoms with van der Waals surface area (Å²) in [6, 6.07) is 0. The minimum absolute atomic E-state index is 0. The fourth-order valence-electron chi connectivity index (χ4n) is 0. The topological polar surface area (TPSA) is 63.0 Å². The molecule has 34 valence electrons. The number of rotatable bonds is 0. The van der Waals surface area contributed by atoms with E-state index in [9.17, 15) is 0 Å². The Morgan fingerprint density at radius 3 is 1.00 bits per heavy atom. The van der Waals surface area contributed by atoms with Crippen LogP contribution in [0.5, 0.6) is 0 Å². The van der Waals surface area contributed by atoms with Gasteiger partial charge in [0.25, 0.3) is 0 Å². The normalized spacial score (nSPS) is 3.60. The first-order chi connectivity index (χ1) is 1.41. The summed E-state index contributed by atoms with van der Waals surface area (Å²) >= 11 is 0.230. The van der Waals surface area contributed by atoms with Crippen molar-refractivity contribution in [2.75, 3.05) is 0 Å². The molecule has 4 N–H and O–H groups in total. The van der Waals surface area contributed by atoms with Gasteiger partial charge in [0, 0.05) is 0 Å². The number of hydrogen-bond donors (Lipinski definition) is 0. The van der Waals surface area contributed by atoms with Crippen LogP contribution in [0.3, 0.4) is 0 Å². The summed E-state index contributed by atoms with van der Waals surface area (Å²) in [4.78, 5) is 4.59. The van der Waals surface area contributed by atoms with E-state index < -0.39 is 0 Å². The quantitative estimate of drug-likeness (QED) is 0.440. The predicted octanol–water partition coefficient (Wildman–Crippen LogP) is -0.863. The first kappa shape index (κ1) is 17.2. The second kappa shape index (κ2) is 22.1. The molecule has 0 aromatic rings. The van der Waals surface area contributed by atoms with E-state index in [0.717, 1.165) is 0 Å². The van der Waals surface area contributed by atoms with Gasteiger partial charge in [0.05, 0.1) is 0 Å². The van der Waals surface area contributed by atoms with Gasteiger partial charge in [-0.2, -0.15) is 0 Å². The Morgan fingerprint density at radius 1 is 1.00 bits per heavy atom. The van der Waals surface area contributed by atoms with E-state index in [0.29, 0.717) is 0 Å². The van der Waals surface area contributed by atoms with E-state index in [-0.39, 0.29) is 32.1 Å². The van der Waals surface area contributed by atoms with E-state index in [1.54, 1.807) is 0 Å². The zero-order chi connectivity index (χ0) is 2.71. The van der Waals surface area contributed by atoms with Crippen molar-refractivity contribution in [2.45, 2.75) is 9.88 Å². The Balaban J connectivity index is -0.0000000200. The van der Waals surface area contributed by atoms with Gasteiger partial charge in [0.1, 0.15) is 0 Å². The van der Waals surface area contributed by atoms with Gasteiger partial charge in [-0.3, -0.25) is 0 Å². The average Bonchev–Trinajstić information content (AvgIpc) is 0.918. The Labute approximate surface area is 42.4 Å². The molecular weight excluding hydrogens is 175 g/mol. The fourth-order valence-corrected chi connectivity index (χ4v) is 0. The molecule has 0 heterocycles. The molecule has 3 heteroatoms. The Kier molecular flexibility index (Phi) is 76.1. The van der Waals surface area contributed by atoms with Crippen molar-refractivity contribution in [3.8, 4) is 0 Å². The van der Waals surface area contributed by atoms with Gasteiger partial charge >= 0.3 is 31.0 Å². The van der Waals surface area contributed by atoms with Crippen LogP contribution in [0.1, 0.15) is 0 Å². The third-order valence-corrected chi connectivity index (χ3v) is 0. The maximum absolute atomic E-state index is 2.30. The summed E-state index contributed by atoms with van der Waals surface area (Å²) in [7, 11) is 0. The third-order valence-electron chi connectivity index (χ3n) is 0. The first-order valence-electron chi connectivity index (χ1n) is 1.00. The second-order valence-corrected chi connectivity index (χ2v) is 3.35. The molecule has 2 nitrogen and oxygen atoms in total. The van der Waals surface area contributed by atoms with Crippen molar-refractivity contribution >= 4 is 21.1 Å². The van der Waals surface area contributed by atoms with Crippen molar-refractivity contribution in [1.29, 1.82) is 0 Å². The molecular formula is C2H10O2Sn. The molecule has 0 amide bonds. The zero-order valence-electron chi connectivity index (χ0n) is 3.50. The van der Waals surface area contributed by atoms with Crippen molar-refractivity contribution < 1.29 is 11.0 Å². The molecule has 0 spiro atoms. The third kappa shape index (κ3) is 67.5. The molecule has 0 aliphatic carbocycles. The molecule has 0 saturated heterocycles. The van der Waals surface area contributed by atoms with Crippen LogP contribution in [-0.2, 0) is 0 Å². The van der Waals surface area contributed by atoms with Gasteiger partial charge in [0.15, 0.2) is 0 Å². The van der Waals surface area contributed by atoms with Crippen molar-refractivity contribution in [3.63, 3.8) is 0 Å². The maximum atomic E-state index is 2.30. The summed E-state index contributed by atoms with van der Waals surface area (Å²) in [5.74, 6) is 0. The van der Waals surface area contributed by atoms with E-state index in [2.05, 4.69) is 9.88 Å². The van der Waals surface area contributed by atoms with Gasteiger partial charge in [0.2, 0.25) is 0 Å². The molecule has 0 saturated carbocycles. The standard InChI is InChI=1S/2CH3.2H2O.Sn/h2*1H3;2*1H2;. The summed E-state index contributed by atoms with van der Waals surface area (Å²) in [5.41, 5.74) is 0. The zero-order valence-corrected chi connectivity index (χ0v) is 6.35. The molecule has 0 aromatic heterocycles. The number of hydrogen-bond acceptors (Lipinski definition) is 0. The molecule has 0 unspecified atom stereocenters. The molecule has 0 rings (SSSR count). The van der Waals surface area contributed by atoms with Crippen LogP contribution in [0, 0.1) is 0 Å². The summed E-state index contributed by atoms with van der Waals surface area (Å²) in [5, 5.41) is 0. The first-order valence-corrected chi connectivity index (χ1v) is 6.71. The Bertz CT molecular complexity index is 7.61. The fraction of sp³-hybridized carbons (Fsp3) is 1.00. The summed E-state index contributed by atoms with van der Waals surface area (Å²) in [6.45, 7) is 0. The second-order valence-electron chi connectivity index (χ2n) is 0.500. The molecule has 0 aromatic carbocycles. The Hall–Kier alpha value is 0.719. The monoisotopic (exact) mass is 186 g/mol. The van der Waals surface area contributed by atoms with E-state index in [4.69, 9.17) is 0 Å². The minimum atomic E-state index is 0. The van der Waals surface area contributed by atoms with Crippen LogP contribution in [0.15, 0.2) is 0 Å². The van der Waals surface area contributed by atoms with E-state index in [1.165, 1.54) is 0 Å². The molecule has 0 bridgehead atoms. The van der Waals surface area contributed by atoms with Crippen molar-refractivity contribution in [3.05, 3.63) is 0 Å². The average molecular weight is 185 g/mol. The van der Waals surface area contributed by atoms with Gasteiger partial charge in [-0.15, -0.1) is 0 Å².